The van der Waals surface area contributed by atoms with Gasteiger partial charge in [-0.3, -0.25) is 14.9 Å². The highest BCUT2D eigenvalue weighted by atomic mass is 35.5. The number of amides is 1. The summed E-state index contributed by atoms with van der Waals surface area (Å²) in [5, 5.41) is 13.7. The molecule has 0 atom stereocenters. The molecule has 0 aliphatic heterocycles. The molecule has 0 unspecified atom stereocenters. The molecule has 0 bridgehead atoms. The van der Waals surface area contributed by atoms with E-state index in [-0.39, 0.29) is 23.8 Å². The largest absolute Gasteiger partial charge is 0.369 e. The molecule has 0 radical (unpaired) electrons. The number of nitrogens with one attached hydrogen (secondary N) is 1. The topological polar surface area (TPSA) is 98.3 Å². The number of nitrogens with two attached hydrogens (primary N) is 1. The average molecular weight is 244 g/mol. The van der Waals surface area contributed by atoms with Gasteiger partial charge in [-0.25, -0.2) is 0 Å². The van der Waals surface area contributed by atoms with Crippen LogP contribution in [0.1, 0.15) is 5.56 Å². The Morgan fingerprint density at radius 2 is 2.25 bits per heavy atom. The average Bonchev–Trinajstić information content (AvgIpc) is 2.19. The summed E-state index contributed by atoms with van der Waals surface area (Å²) in [6, 6.07) is 4.40. The van der Waals surface area contributed by atoms with Crippen LogP contribution in [0.3, 0.4) is 0 Å². The lowest BCUT2D eigenvalue weighted by Gasteiger charge is -2.05. The summed E-state index contributed by atoms with van der Waals surface area (Å²) >= 11 is 5.83. The molecular weight excluding hydrogens is 234 g/mol. The van der Waals surface area contributed by atoms with E-state index in [4.69, 9.17) is 17.3 Å². The highest BCUT2D eigenvalue weighted by Crippen LogP contribution is 2.25. The fourth-order valence-electron chi connectivity index (χ4n) is 1.20. The second-order valence-corrected chi connectivity index (χ2v) is 3.47. The lowest BCUT2D eigenvalue weighted by molar-refractivity contribution is -0.385. The summed E-state index contributed by atoms with van der Waals surface area (Å²) in [4.78, 5) is 20.7. The van der Waals surface area contributed by atoms with Crippen LogP contribution in [0.4, 0.5) is 5.69 Å². The zero-order valence-corrected chi connectivity index (χ0v) is 9.03. The summed E-state index contributed by atoms with van der Waals surface area (Å²) in [6.07, 6.45) is 0. The molecule has 0 saturated heterocycles. The fraction of sp³-hybridized carbons (Fsp3) is 0.222. The standard InChI is InChI=1S/C9H10ClN3O3/c10-7-2-1-3-8(13(15)16)6(7)4-12-5-9(11)14/h1-3,12H,4-5H2,(H2,11,14). The molecule has 1 amide bonds. The van der Waals surface area contributed by atoms with Gasteiger partial charge in [0.15, 0.2) is 0 Å². The summed E-state index contributed by atoms with van der Waals surface area (Å²) < 4.78 is 0. The molecule has 86 valence electrons. The van der Waals surface area contributed by atoms with Crippen LogP contribution in [0, 0.1) is 10.1 Å². The van der Waals surface area contributed by atoms with Crippen molar-refractivity contribution in [3.05, 3.63) is 38.9 Å². The normalized spacial score (nSPS) is 10.1. The van der Waals surface area contributed by atoms with E-state index in [0.717, 1.165) is 0 Å². The van der Waals surface area contributed by atoms with Gasteiger partial charge in [-0.1, -0.05) is 17.7 Å². The van der Waals surface area contributed by atoms with Crippen molar-refractivity contribution in [1.29, 1.82) is 0 Å². The van der Waals surface area contributed by atoms with Crippen LogP contribution in [-0.2, 0) is 11.3 Å². The Balaban J connectivity index is 2.84. The first kappa shape index (κ1) is 12.4. The molecule has 0 aliphatic carbocycles. The summed E-state index contributed by atoms with van der Waals surface area (Å²) in [6.45, 7) is 0.0707. The second kappa shape index (κ2) is 5.43. The predicted octanol–water partition coefficient (Wildman–Crippen LogP) is 0.823. The number of nitrogens with zero attached hydrogens (tertiary/aromatic N) is 1. The van der Waals surface area contributed by atoms with Crippen molar-refractivity contribution in [2.45, 2.75) is 6.54 Å². The molecule has 3 N–H and O–H groups in total. The Hall–Kier alpha value is -1.66. The molecular formula is C9H10ClN3O3. The first-order valence-corrected chi connectivity index (χ1v) is 4.81. The van der Waals surface area contributed by atoms with Crippen LogP contribution in [0.2, 0.25) is 5.02 Å². The van der Waals surface area contributed by atoms with E-state index in [1.54, 1.807) is 6.07 Å². The van der Waals surface area contributed by atoms with Crippen LogP contribution < -0.4 is 11.1 Å². The molecule has 6 nitrogen and oxygen atoms in total. The van der Waals surface area contributed by atoms with E-state index in [1.165, 1.54) is 12.1 Å². The lowest BCUT2D eigenvalue weighted by atomic mass is 10.2. The van der Waals surface area contributed by atoms with Crippen molar-refractivity contribution in [2.75, 3.05) is 6.54 Å². The minimum atomic E-state index is -0.533. The molecule has 0 aromatic heterocycles. The van der Waals surface area contributed by atoms with Gasteiger partial charge in [0.25, 0.3) is 5.69 Å². The van der Waals surface area contributed by atoms with Crippen molar-refractivity contribution in [3.63, 3.8) is 0 Å². The number of rotatable bonds is 5. The van der Waals surface area contributed by atoms with E-state index in [9.17, 15) is 14.9 Å². The van der Waals surface area contributed by atoms with Crippen molar-refractivity contribution in [1.82, 2.24) is 5.32 Å². The van der Waals surface area contributed by atoms with Gasteiger partial charge in [-0.05, 0) is 6.07 Å². The smallest absolute Gasteiger partial charge is 0.275 e. The Morgan fingerprint density at radius 1 is 1.56 bits per heavy atom. The second-order valence-electron chi connectivity index (χ2n) is 3.06. The van der Waals surface area contributed by atoms with E-state index < -0.39 is 10.8 Å². The Labute approximate surface area is 96.5 Å². The number of nitro groups is 1. The van der Waals surface area contributed by atoms with E-state index in [1.807, 2.05) is 0 Å². The van der Waals surface area contributed by atoms with Crippen LogP contribution >= 0.6 is 11.6 Å². The van der Waals surface area contributed by atoms with Gasteiger partial charge in [-0.15, -0.1) is 0 Å². The van der Waals surface area contributed by atoms with E-state index >= 15 is 0 Å². The third-order valence-corrected chi connectivity index (χ3v) is 2.25. The van der Waals surface area contributed by atoms with E-state index in [0.29, 0.717) is 5.56 Å². The molecule has 0 fully saturated rings. The van der Waals surface area contributed by atoms with Crippen molar-refractivity contribution in [3.8, 4) is 0 Å². The maximum Gasteiger partial charge on any atom is 0.275 e. The summed E-state index contributed by atoms with van der Waals surface area (Å²) in [7, 11) is 0. The molecule has 1 aromatic rings. The first-order chi connectivity index (χ1) is 7.52. The molecule has 1 aromatic carbocycles. The third kappa shape index (κ3) is 3.18. The fourth-order valence-corrected chi connectivity index (χ4v) is 1.44. The number of halogens is 1. The van der Waals surface area contributed by atoms with E-state index in [2.05, 4.69) is 5.32 Å². The number of hydrogen-bond acceptors (Lipinski definition) is 4. The molecule has 0 spiro atoms. The zero-order valence-electron chi connectivity index (χ0n) is 8.27. The van der Waals surface area contributed by atoms with Crippen molar-refractivity contribution in [2.24, 2.45) is 5.73 Å². The maximum atomic E-state index is 10.7. The van der Waals surface area contributed by atoms with Crippen LogP contribution in [0.25, 0.3) is 0 Å². The van der Waals surface area contributed by atoms with Crippen LogP contribution in [0.15, 0.2) is 18.2 Å². The van der Waals surface area contributed by atoms with Crippen LogP contribution in [-0.4, -0.2) is 17.4 Å². The van der Waals surface area contributed by atoms with Crippen molar-refractivity contribution < 1.29 is 9.72 Å². The zero-order chi connectivity index (χ0) is 12.1. The Bertz CT molecular complexity index is 422. The highest BCUT2D eigenvalue weighted by Gasteiger charge is 2.15. The van der Waals surface area contributed by atoms with Gasteiger partial charge in [0.1, 0.15) is 0 Å². The number of hydrogen-bond donors (Lipinski definition) is 2. The molecule has 16 heavy (non-hydrogen) atoms. The predicted molar refractivity (Wildman–Crippen MR) is 59.0 cm³/mol. The number of benzene rings is 1. The molecule has 7 heteroatoms. The Morgan fingerprint density at radius 3 is 2.81 bits per heavy atom. The number of carbonyl (C=O) groups is 1. The molecule has 1 rings (SSSR count). The summed E-state index contributed by atoms with van der Waals surface area (Å²) in [5.74, 6) is -0.533. The highest BCUT2D eigenvalue weighted by molar-refractivity contribution is 6.31. The molecule has 0 saturated carbocycles. The monoisotopic (exact) mass is 243 g/mol. The minimum Gasteiger partial charge on any atom is -0.369 e. The van der Waals surface area contributed by atoms with Crippen LogP contribution in [0.5, 0.6) is 0 Å². The Kier molecular flexibility index (Phi) is 4.21. The SMILES string of the molecule is NC(=O)CNCc1c(Cl)cccc1[N+](=O)[O-]. The minimum absolute atomic E-state index is 0.0532. The van der Waals surface area contributed by atoms with Gasteiger partial charge in [-0.2, -0.15) is 0 Å². The molecule has 0 heterocycles. The van der Waals surface area contributed by atoms with Gasteiger partial charge in [0.05, 0.1) is 22.1 Å². The van der Waals surface area contributed by atoms with Gasteiger partial charge >= 0.3 is 0 Å². The van der Waals surface area contributed by atoms with Gasteiger partial charge in [0, 0.05) is 12.6 Å². The number of carbonyl (C=O) groups excluding carboxylic acids is 1. The first-order valence-electron chi connectivity index (χ1n) is 4.43. The van der Waals surface area contributed by atoms with Gasteiger partial charge < -0.3 is 11.1 Å². The van der Waals surface area contributed by atoms with Crippen molar-refractivity contribution >= 4 is 23.2 Å². The number of nitro benzene ring substituents is 1. The third-order valence-electron chi connectivity index (χ3n) is 1.89. The number of primary amides is 1. The lowest BCUT2D eigenvalue weighted by Crippen LogP contribution is -2.28. The maximum absolute atomic E-state index is 10.7. The quantitative estimate of drug-likeness (QED) is 0.591. The summed E-state index contributed by atoms with van der Waals surface area (Å²) in [5.41, 5.74) is 5.19. The van der Waals surface area contributed by atoms with Gasteiger partial charge in [0.2, 0.25) is 5.91 Å². The molecule has 0 aliphatic rings.